The van der Waals surface area contributed by atoms with Gasteiger partial charge in [-0.05, 0) is 47.2 Å². The molecule has 2 rings (SSSR count). The average molecular weight is 373 g/mol. The van der Waals surface area contributed by atoms with E-state index in [-0.39, 0.29) is 12.5 Å². The number of unbranched alkanes of at least 4 members (excludes halogenated alkanes) is 4. The first-order valence-electron chi connectivity index (χ1n) is 6.95. The van der Waals surface area contributed by atoms with Crippen molar-refractivity contribution >= 4 is 34.2 Å². The minimum absolute atomic E-state index is 0.0741. The summed E-state index contributed by atoms with van der Waals surface area (Å²) in [7, 11) is 0. The van der Waals surface area contributed by atoms with Crippen molar-refractivity contribution in [2.75, 3.05) is 18.1 Å². The van der Waals surface area contributed by atoms with Crippen LogP contribution in [0.25, 0.3) is 0 Å². The van der Waals surface area contributed by atoms with Crippen LogP contribution in [0.5, 0.6) is 5.75 Å². The Morgan fingerprint density at radius 1 is 1.26 bits per heavy atom. The molecule has 1 aromatic carbocycles. The van der Waals surface area contributed by atoms with E-state index in [0.29, 0.717) is 0 Å². The maximum Gasteiger partial charge on any atom is 0.265 e. The van der Waals surface area contributed by atoms with Gasteiger partial charge in [-0.15, -0.1) is 0 Å². The Bertz CT molecular complexity index is 448. The molecule has 104 valence electrons. The molecule has 1 heterocycles. The van der Waals surface area contributed by atoms with E-state index >= 15 is 0 Å². The number of hydrogen-bond acceptors (Lipinski definition) is 2. The Morgan fingerprint density at radius 2 is 2.05 bits per heavy atom. The lowest BCUT2D eigenvalue weighted by atomic mass is 10.1. The highest BCUT2D eigenvalue weighted by Gasteiger charge is 2.24. The molecule has 0 bridgehead atoms. The van der Waals surface area contributed by atoms with Crippen molar-refractivity contribution in [3.63, 3.8) is 0 Å². The predicted octanol–water partition coefficient (Wildman–Crippen LogP) is 3.99. The molecule has 0 unspecified atom stereocenters. The lowest BCUT2D eigenvalue weighted by molar-refractivity contribution is -0.121. The fourth-order valence-corrected chi connectivity index (χ4v) is 2.77. The van der Waals surface area contributed by atoms with Crippen LogP contribution in [0.3, 0.4) is 0 Å². The van der Waals surface area contributed by atoms with E-state index in [1.807, 2.05) is 23.1 Å². The average Bonchev–Trinajstić information content (AvgIpc) is 2.40. The third kappa shape index (κ3) is 3.84. The number of nitrogens with zero attached hydrogens (tertiary/aromatic N) is 1. The highest BCUT2D eigenvalue weighted by atomic mass is 127. The number of halogens is 1. The zero-order chi connectivity index (χ0) is 13.7. The number of hydrogen-bond donors (Lipinski definition) is 0. The Labute approximate surface area is 128 Å². The van der Waals surface area contributed by atoms with Crippen LogP contribution >= 0.6 is 22.6 Å². The Hall–Kier alpha value is -0.780. The van der Waals surface area contributed by atoms with Gasteiger partial charge < -0.3 is 9.64 Å². The molecule has 1 aromatic rings. The molecular weight excluding hydrogens is 353 g/mol. The second kappa shape index (κ2) is 7.12. The third-order valence-corrected chi connectivity index (χ3v) is 4.02. The van der Waals surface area contributed by atoms with Gasteiger partial charge >= 0.3 is 0 Å². The molecule has 3 nitrogen and oxygen atoms in total. The summed E-state index contributed by atoms with van der Waals surface area (Å²) >= 11 is 2.27. The van der Waals surface area contributed by atoms with Crippen LogP contribution < -0.4 is 9.64 Å². The Balaban J connectivity index is 1.99. The maximum absolute atomic E-state index is 12.0. The largest absolute Gasteiger partial charge is 0.482 e. The predicted molar refractivity (Wildman–Crippen MR) is 85.8 cm³/mol. The molecule has 0 aliphatic carbocycles. The zero-order valence-corrected chi connectivity index (χ0v) is 13.5. The fourth-order valence-electron chi connectivity index (χ4n) is 2.29. The summed E-state index contributed by atoms with van der Waals surface area (Å²) in [6.45, 7) is 3.19. The van der Waals surface area contributed by atoms with Crippen LogP contribution in [0.4, 0.5) is 5.69 Å². The molecule has 1 amide bonds. The first-order valence-corrected chi connectivity index (χ1v) is 8.03. The van der Waals surface area contributed by atoms with Gasteiger partial charge in [0.05, 0.1) is 5.69 Å². The molecular formula is C15H20INO2. The van der Waals surface area contributed by atoms with Crippen LogP contribution in [-0.2, 0) is 4.79 Å². The van der Waals surface area contributed by atoms with Crippen molar-refractivity contribution in [2.24, 2.45) is 0 Å². The molecule has 4 heteroatoms. The van der Waals surface area contributed by atoms with Crippen molar-refractivity contribution in [1.82, 2.24) is 0 Å². The van der Waals surface area contributed by atoms with E-state index < -0.39 is 0 Å². The van der Waals surface area contributed by atoms with E-state index in [1.54, 1.807) is 0 Å². The van der Waals surface area contributed by atoms with Gasteiger partial charge in [0.15, 0.2) is 6.61 Å². The first-order chi connectivity index (χ1) is 9.22. The summed E-state index contributed by atoms with van der Waals surface area (Å²) in [5, 5.41) is 0. The minimum Gasteiger partial charge on any atom is -0.482 e. The molecule has 0 N–H and O–H groups in total. The summed E-state index contributed by atoms with van der Waals surface area (Å²) in [6, 6.07) is 5.99. The van der Waals surface area contributed by atoms with Crippen LogP contribution in [0.15, 0.2) is 18.2 Å². The number of amides is 1. The quantitative estimate of drug-likeness (QED) is 0.558. The summed E-state index contributed by atoms with van der Waals surface area (Å²) in [6.07, 6.45) is 6.05. The summed E-state index contributed by atoms with van der Waals surface area (Å²) < 4.78 is 6.60. The highest BCUT2D eigenvalue weighted by molar-refractivity contribution is 14.1. The van der Waals surface area contributed by atoms with E-state index in [1.165, 1.54) is 25.7 Å². The lowest BCUT2D eigenvalue weighted by Crippen LogP contribution is -2.39. The molecule has 0 saturated carbocycles. The van der Waals surface area contributed by atoms with Crippen molar-refractivity contribution < 1.29 is 9.53 Å². The van der Waals surface area contributed by atoms with Crippen LogP contribution in [0.1, 0.15) is 39.0 Å². The van der Waals surface area contributed by atoms with Crippen molar-refractivity contribution in [1.29, 1.82) is 0 Å². The molecule has 0 saturated heterocycles. The summed E-state index contributed by atoms with van der Waals surface area (Å²) in [5.41, 5.74) is 0.929. The molecule has 19 heavy (non-hydrogen) atoms. The second-order valence-corrected chi connectivity index (χ2v) is 6.11. The van der Waals surface area contributed by atoms with Crippen molar-refractivity contribution in [3.05, 3.63) is 21.8 Å². The van der Waals surface area contributed by atoms with Crippen molar-refractivity contribution in [3.8, 4) is 5.75 Å². The van der Waals surface area contributed by atoms with E-state index in [4.69, 9.17) is 4.74 Å². The third-order valence-electron chi connectivity index (χ3n) is 3.35. The fraction of sp³-hybridized carbons (Fsp3) is 0.533. The number of ether oxygens (including phenoxy) is 1. The van der Waals surface area contributed by atoms with Crippen LogP contribution in [-0.4, -0.2) is 19.1 Å². The number of anilines is 1. The molecule has 0 atom stereocenters. The van der Waals surface area contributed by atoms with E-state index in [0.717, 1.165) is 28.0 Å². The van der Waals surface area contributed by atoms with Gasteiger partial charge in [0, 0.05) is 10.1 Å². The summed E-state index contributed by atoms with van der Waals surface area (Å²) in [4.78, 5) is 13.9. The molecule has 0 radical (unpaired) electrons. The van der Waals surface area contributed by atoms with Crippen molar-refractivity contribution in [2.45, 2.75) is 39.0 Å². The standard InChI is InChI=1S/C15H20INO2/c1-2-3-4-5-6-9-17-13-10-12(16)7-8-14(13)19-11-15(17)18/h7-8,10H,2-6,9,11H2,1H3. The van der Waals surface area contributed by atoms with Gasteiger partial charge in [0.25, 0.3) is 5.91 Å². The topological polar surface area (TPSA) is 29.5 Å². The molecule has 0 spiro atoms. The number of carbonyl (C=O) groups excluding carboxylic acids is 1. The van der Waals surface area contributed by atoms with E-state index in [2.05, 4.69) is 29.5 Å². The smallest absolute Gasteiger partial charge is 0.265 e. The number of rotatable bonds is 6. The van der Waals surface area contributed by atoms with E-state index in [9.17, 15) is 4.79 Å². The molecule has 1 aliphatic rings. The maximum atomic E-state index is 12.0. The lowest BCUT2D eigenvalue weighted by Gasteiger charge is -2.29. The van der Waals surface area contributed by atoms with Gasteiger partial charge in [-0.1, -0.05) is 32.6 Å². The normalized spacial score (nSPS) is 14.2. The monoisotopic (exact) mass is 373 g/mol. The molecule has 0 fully saturated rings. The van der Waals surface area contributed by atoms with Gasteiger partial charge in [0.1, 0.15) is 5.75 Å². The van der Waals surface area contributed by atoms with Crippen LogP contribution in [0, 0.1) is 3.57 Å². The van der Waals surface area contributed by atoms with Gasteiger partial charge in [-0.3, -0.25) is 4.79 Å². The van der Waals surface area contributed by atoms with Gasteiger partial charge in [-0.2, -0.15) is 0 Å². The van der Waals surface area contributed by atoms with Gasteiger partial charge in [-0.25, -0.2) is 0 Å². The zero-order valence-electron chi connectivity index (χ0n) is 11.3. The summed E-state index contributed by atoms with van der Waals surface area (Å²) in [5.74, 6) is 0.901. The second-order valence-electron chi connectivity index (χ2n) is 4.86. The number of fused-ring (bicyclic) bond motifs is 1. The highest BCUT2D eigenvalue weighted by Crippen LogP contribution is 2.33. The van der Waals surface area contributed by atoms with Gasteiger partial charge in [0.2, 0.25) is 0 Å². The Kier molecular flexibility index (Phi) is 5.48. The Morgan fingerprint density at radius 3 is 2.84 bits per heavy atom. The molecule has 1 aliphatic heterocycles. The number of carbonyl (C=O) groups is 1. The SMILES string of the molecule is CCCCCCCN1C(=O)COc2ccc(I)cc21. The minimum atomic E-state index is 0.0741. The molecule has 0 aromatic heterocycles. The van der Waals surface area contributed by atoms with Crippen LogP contribution in [0.2, 0.25) is 0 Å². The first kappa shape index (κ1) is 14.6. The number of benzene rings is 1.